The Morgan fingerprint density at radius 3 is 2.67 bits per heavy atom. The number of ether oxygens (including phenoxy) is 3. The Morgan fingerprint density at radius 2 is 1.89 bits per heavy atom. The van der Waals surface area contributed by atoms with Crippen LogP contribution in [0, 0.1) is 0 Å². The Kier molecular flexibility index (Phi) is 7.76. The second-order valence-corrected chi connectivity index (χ2v) is 4.29. The predicted molar refractivity (Wildman–Crippen MR) is 72.8 cm³/mol. The van der Waals surface area contributed by atoms with Gasteiger partial charge in [-0.3, -0.25) is 0 Å². The number of hydrogen-bond donors (Lipinski definition) is 1. The molecular formula is C13H20ClNO3. The van der Waals surface area contributed by atoms with Crippen LogP contribution in [0.1, 0.15) is 12.0 Å². The Labute approximate surface area is 113 Å². The maximum absolute atomic E-state index is 5.88. The lowest BCUT2D eigenvalue weighted by Crippen LogP contribution is -2.06. The van der Waals surface area contributed by atoms with Gasteiger partial charge in [-0.1, -0.05) is 11.6 Å². The van der Waals surface area contributed by atoms with Crippen LogP contribution in [0.3, 0.4) is 0 Å². The highest BCUT2D eigenvalue weighted by atomic mass is 35.5. The number of nitrogens with two attached hydrogens (primary N) is 1. The molecular weight excluding hydrogens is 254 g/mol. The van der Waals surface area contributed by atoms with Crippen LogP contribution in [0.5, 0.6) is 0 Å². The van der Waals surface area contributed by atoms with E-state index in [1.807, 2.05) is 6.07 Å². The van der Waals surface area contributed by atoms with E-state index in [2.05, 4.69) is 0 Å². The molecule has 5 heteroatoms. The molecule has 0 fully saturated rings. The monoisotopic (exact) mass is 273 g/mol. The first-order valence-electron chi connectivity index (χ1n) is 5.92. The lowest BCUT2D eigenvalue weighted by molar-refractivity contribution is 0.0484. The number of rotatable bonds is 9. The van der Waals surface area contributed by atoms with Crippen molar-refractivity contribution in [2.75, 3.05) is 39.3 Å². The summed E-state index contributed by atoms with van der Waals surface area (Å²) in [6, 6.07) is 5.38. The minimum absolute atomic E-state index is 0.477. The lowest BCUT2D eigenvalue weighted by Gasteiger charge is -2.08. The van der Waals surface area contributed by atoms with Gasteiger partial charge in [0.1, 0.15) is 0 Å². The summed E-state index contributed by atoms with van der Waals surface area (Å²) in [6.45, 7) is 3.04. The Balaban J connectivity index is 2.09. The number of methoxy groups -OCH3 is 1. The van der Waals surface area contributed by atoms with Crippen molar-refractivity contribution in [3.05, 3.63) is 28.8 Å². The van der Waals surface area contributed by atoms with Crippen molar-refractivity contribution in [2.24, 2.45) is 0 Å². The van der Waals surface area contributed by atoms with E-state index in [0.29, 0.717) is 43.7 Å². The molecule has 0 heterocycles. The molecule has 2 N–H and O–H groups in total. The average Bonchev–Trinajstić information content (AvgIpc) is 2.36. The van der Waals surface area contributed by atoms with Gasteiger partial charge in [0.2, 0.25) is 0 Å². The molecule has 0 saturated carbocycles. The van der Waals surface area contributed by atoms with Crippen LogP contribution in [-0.2, 0) is 20.8 Å². The highest BCUT2D eigenvalue weighted by molar-refractivity contribution is 6.30. The molecule has 0 saturated heterocycles. The molecule has 1 aromatic rings. The average molecular weight is 274 g/mol. The third-order valence-electron chi connectivity index (χ3n) is 2.37. The molecule has 0 atom stereocenters. The van der Waals surface area contributed by atoms with Crippen molar-refractivity contribution >= 4 is 17.3 Å². The number of halogens is 1. The maximum atomic E-state index is 5.88. The topological polar surface area (TPSA) is 53.7 Å². The van der Waals surface area contributed by atoms with E-state index in [0.717, 1.165) is 12.0 Å². The summed E-state index contributed by atoms with van der Waals surface area (Å²) in [5, 5.41) is 0.672. The largest absolute Gasteiger partial charge is 0.398 e. The molecule has 0 aliphatic carbocycles. The fourth-order valence-electron chi connectivity index (χ4n) is 1.39. The van der Waals surface area contributed by atoms with Gasteiger partial charge in [-0.15, -0.1) is 0 Å². The lowest BCUT2D eigenvalue weighted by atomic mass is 10.2. The first-order chi connectivity index (χ1) is 8.74. The molecule has 0 spiro atoms. The summed E-state index contributed by atoms with van der Waals surface area (Å²) in [6.07, 6.45) is 0.851. The Bertz CT molecular complexity index is 347. The quantitative estimate of drug-likeness (QED) is 0.555. The molecule has 0 amide bonds. The predicted octanol–water partition coefficient (Wildman–Crippen LogP) is 2.49. The second-order valence-electron chi connectivity index (χ2n) is 3.85. The van der Waals surface area contributed by atoms with Crippen LogP contribution in [0.25, 0.3) is 0 Å². The molecule has 0 aliphatic heterocycles. The van der Waals surface area contributed by atoms with E-state index in [-0.39, 0.29) is 0 Å². The van der Waals surface area contributed by atoms with Gasteiger partial charge < -0.3 is 19.9 Å². The van der Waals surface area contributed by atoms with Crippen LogP contribution in [0.2, 0.25) is 5.02 Å². The first-order valence-corrected chi connectivity index (χ1v) is 6.30. The van der Waals surface area contributed by atoms with E-state index in [1.54, 1.807) is 19.2 Å². The van der Waals surface area contributed by atoms with E-state index in [1.165, 1.54) is 0 Å². The van der Waals surface area contributed by atoms with Crippen molar-refractivity contribution < 1.29 is 14.2 Å². The SMILES string of the molecule is COCCOCCCOCc1cc(Cl)ccc1N. The molecule has 102 valence electrons. The zero-order valence-corrected chi connectivity index (χ0v) is 11.4. The van der Waals surface area contributed by atoms with Gasteiger partial charge >= 0.3 is 0 Å². The van der Waals surface area contributed by atoms with Crippen molar-refractivity contribution in [1.29, 1.82) is 0 Å². The third-order valence-corrected chi connectivity index (χ3v) is 2.61. The fourth-order valence-corrected chi connectivity index (χ4v) is 1.58. The van der Waals surface area contributed by atoms with Gasteiger partial charge in [0.25, 0.3) is 0 Å². The number of benzene rings is 1. The van der Waals surface area contributed by atoms with Gasteiger partial charge in [0.05, 0.1) is 19.8 Å². The zero-order chi connectivity index (χ0) is 13.2. The van der Waals surface area contributed by atoms with Crippen LogP contribution < -0.4 is 5.73 Å². The third kappa shape index (κ3) is 6.21. The highest BCUT2D eigenvalue weighted by Gasteiger charge is 2.00. The zero-order valence-electron chi connectivity index (χ0n) is 10.7. The smallest absolute Gasteiger partial charge is 0.0737 e. The molecule has 0 aromatic heterocycles. The molecule has 18 heavy (non-hydrogen) atoms. The van der Waals surface area contributed by atoms with E-state index in [4.69, 9.17) is 31.5 Å². The second kappa shape index (κ2) is 9.16. The summed E-state index contributed by atoms with van der Waals surface area (Å²) in [5.74, 6) is 0. The van der Waals surface area contributed by atoms with Gasteiger partial charge in [-0.2, -0.15) is 0 Å². The van der Waals surface area contributed by atoms with Gasteiger partial charge in [0, 0.05) is 36.6 Å². The molecule has 1 rings (SSSR count). The molecule has 1 aromatic carbocycles. The van der Waals surface area contributed by atoms with Gasteiger partial charge in [0.15, 0.2) is 0 Å². The maximum Gasteiger partial charge on any atom is 0.0737 e. The van der Waals surface area contributed by atoms with Crippen molar-refractivity contribution in [3.63, 3.8) is 0 Å². The Hall–Kier alpha value is -0.810. The van der Waals surface area contributed by atoms with Gasteiger partial charge in [-0.25, -0.2) is 0 Å². The number of nitrogen functional groups attached to an aromatic ring is 1. The van der Waals surface area contributed by atoms with E-state index >= 15 is 0 Å². The van der Waals surface area contributed by atoms with E-state index < -0.39 is 0 Å². The molecule has 0 bridgehead atoms. The van der Waals surface area contributed by atoms with Crippen molar-refractivity contribution in [3.8, 4) is 0 Å². The molecule has 0 unspecified atom stereocenters. The van der Waals surface area contributed by atoms with Crippen LogP contribution in [-0.4, -0.2) is 33.5 Å². The van der Waals surface area contributed by atoms with Crippen LogP contribution in [0.4, 0.5) is 5.69 Å². The number of hydrogen-bond acceptors (Lipinski definition) is 4. The molecule has 4 nitrogen and oxygen atoms in total. The van der Waals surface area contributed by atoms with Crippen molar-refractivity contribution in [2.45, 2.75) is 13.0 Å². The first kappa shape index (κ1) is 15.2. The molecule has 0 radical (unpaired) electrons. The minimum atomic E-state index is 0.477. The number of anilines is 1. The fraction of sp³-hybridized carbons (Fsp3) is 0.538. The Morgan fingerprint density at radius 1 is 1.11 bits per heavy atom. The van der Waals surface area contributed by atoms with E-state index in [9.17, 15) is 0 Å². The van der Waals surface area contributed by atoms with Crippen LogP contribution >= 0.6 is 11.6 Å². The molecule has 0 aliphatic rings. The summed E-state index contributed by atoms with van der Waals surface area (Å²) in [4.78, 5) is 0. The summed E-state index contributed by atoms with van der Waals surface area (Å²) >= 11 is 5.88. The normalized spacial score (nSPS) is 10.8. The minimum Gasteiger partial charge on any atom is -0.398 e. The van der Waals surface area contributed by atoms with Crippen LogP contribution in [0.15, 0.2) is 18.2 Å². The van der Waals surface area contributed by atoms with Crippen molar-refractivity contribution in [1.82, 2.24) is 0 Å². The standard InChI is InChI=1S/C13H20ClNO3/c1-16-7-8-17-5-2-6-18-10-11-9-12(14)3-4-13(11)15/h3-4,9H,2,5-8,10,15H2,1H3. The highest BCUT2D eigenvalue weighted by Crippen LogP contribution is 2.18. The summed E-state index contributed by atoms with van der Waals surface area (Å²) in [7, 11) is 1.65. The van der Waals surface area contributed by atoms with Gasteiger partial charge in [-0.05, 0) is 24.6 Å². The summed E-state index contributed by atoms with van der Waals surface area (Å²) < 4.78 is 15.7. The summed E-state index contributed by atoms with van der Waals surface area (Å²) in [5.41, 5.74) is 7.43.